The van der Waals surface area contributed by atoms with Gasteiger partial charge in [0.2, 0.25) is 0 Å². The number of anilines is 1. The van der Waals surface area contributed by atoms with Crippen LogP contribution in [0.15, 0.2) is 52.0 Å². The van der Waals surface area contributed by atoms with Crippen LogP contribution in [0.25, 0.3) is 0 Å². The van der Waals surface area contributed by atoms with Gasteiger partial charge >= 0.3 is 0 Å². The largest absolute Gasteiger partial charge is 0.467 e. The van der Waals surface area contributed by atoms with Crippen LogP contribution in [-0.4, -0.2) is 47.3 Å². The molecule has 1 fully saturated rings. The van der Waals surface area contributed by atoms with Crippen molar-refractivity contribution in [2.45, 2.75) is 30.7 Å². The number of thioether (sulfide) groups is 1. The van der Waals surface area contributed by atoms with Gasteiger partial charge in [-0.1, -0.05) is 12.5 Å². The fourth-order valence-electron chi connectivity index (χ4n) is 3.19. The van der Waals surface area contributed by atoms with Crippen LogP contribution in [0.3, 0.4) is 0 Å². The maximum Gasteiger partial charge on any atom is 0.173 e. The number of furan rings is 1. The first-order chi connectivity index (χ1) is 12.7. The Bertz CT molecular complexity index is 684. The van der Waals surface area contributed by atoms with Gasteiger partial charge in [-0.25, -0.2) is 0 Å². The molecule has 1 aromatic carbocycles. The monoisotopic (exact) mass is 389 g/mol. The second-order valence-corrected chi connectivity index (χ2v) is 7.83. The zero-order valence-corrected chi connectivity index (χ0v) is 17.0. The van der Waals surface area contributed by atoms with E-state index < -0.39 is 0 Å². The molecule has 1 saturated heterocycles. The number of piperidine rings is 1. The third kappa shape index (κ3) is 5.76. The van der Waals surface area contributed by atoms with Gasteiger partial charge in [-0.05, 0) is 74.7 Å². The molecule has 0 aliphatic carbocycles. The summed E-state index contributed by atoms with van der Waals surface area (Å²) >= 11 is 7.46. The van der Waals surface area contributed by atoms with Crippen LogP contribution in [0.1, 0.15) is 25.0 Å². The van der Waals surface area contributed by atoms with Crippen molar-refractivity contribution in [1.82, 2.24) is 9.80 Å². The van der Waals surface area contributed by atoms with Crippen LogP contribution in [0, 0.1) is 0 Å². The number of nitrogens with zero attached hydrogens (tertiary/aromatic N) is 2. The van der Waals surface area contributed by atoms with E-state index in [1.807, 2.05) is 12.1 Å². The zero-order chi connectivity index (χ0) is 18.2. The first-order valence-electron chi connectivity index (χ1n) is 9.19. The molecule has 0 saturated carbocycles. The summed E-state index contributed by atoms with van der Waals surface area (Å²) in [5.41, 5.74) is 1.03. The van der Waals surface area contributed by atoms with Crippen molar-refractivity contribution in [3.05, 3.63) is 48.4 Å². The normalized spacial score (nSPS) is 15.0. The van der Waals surface area contributed by atoms with Crippen molar-refractivity contribution < 1.29 is 4.42 Å². The number of likely N-dealkylation sites (tertiary alicyclic amines) is 1. The lowest BCUT2D eigenvalue weighted by Crippen LogP contribution is -2.41. The van der Waals surface area contributed by atoms with E-state index >= 15 is 0 Å². The summed E-state index contributed by atoms with van der Waals surface area (Å²) in [5, 5.41) is 4.15. The van der Waals surface area contributed by atoms with E-state index in [0.29, 0.717) is 6.54 Å². The molecule has 26 heavy (non-hydrogen) atoms. The molecule has 140 valence electrons. The minimum Gasteiger partial charge on any atom is -0.467 e. The van der Waals surface area contributed by atoms with E-state index in [0.717, 1.165) is 29.6 Å². The molecular weight excluding hydrogens is 362 g/mol. The highest BCUT2D eigenvalue weighted by atomic mass is 32.2. The lowest BCUT2D eigenvalue weighted by Gasteiger charge is -2.31. The van der Waals surface area contributed by atoms with Gasteiger partial charge in [0, 0.05) is 23.7 Å². The predicted molar refractivity (Wildman–Crippen MR) is 114 cm³/mol. The molecule has 0 amide bonds. The van der Waals surface area contributed by atoms with Crippen LogP contribution in [0.5, 0.6) is 0 Å². The van der Waals surface area contributed by atoms with Crippen LogP contribution < -0.4 is 5.32 Å². The second-order valence-electron chi connectivity index (χ2n) is 6.57. The molecule has 4 nitrogen and oxygen atoms in total. The molecule has 0 bridgehead atoms. The Labute approximate surface area is 165 Å². The Balaban J connectivity index is 1.63. The zero-order valence-electron chi connectivity index (χ0n) is 15.3. The highest BCUT2D eigenvalue weighted by Gasteiger charge is 2.16. The number of thiocarbonyl (C=S) groups is 1. The summed E-state index contributed by atoms with van der Waals surface area (Å²) in [6.07, 6.45) is 7.78. The Morgan fingerprint density at radius 2 is 2.08 bits per heavy atom. The maximum absolute atomic E-state index is 5.72. The molecule has 1 N–H and O–H groups in total. The molecule has 2 heterocycles. The Hall–Kier alpha value is -1.50. The molecule has 0 spiro atoms. The van der Waals surface area contributed by atoms with Crippen LogP contribution >= 0.6 is 24.0 Å². The van der Waals surface area contributed by atoms with Gasteiger partial charge in [-0.15, -0.1) is 11.8 Å². The fourth-order valence-corrected chi connectivity index (χ4v) is 3.92. The smallest absolute Gasteiger partial charge is 0.173 e. The average Bonchev–Trinajstić information content (AvgIpc) is 3.19. The SMILES string of the molecule is CSc1cccc(NC(=S)N(CCN2CCCCC2)Cc2ccco2)c1. The third-order valence-electron chi connectivity index (χ3n) is 4.67. The number of hydrogen-bond acceptors (Lipinski definition) is 4. The minimum absolute atomic E-state index is 0.689. The average molecular weight is 390 g/mol. The number of rotatable bonds is 7. The van der Waals surface area contributed by atoms with E-state index in [1.54, 1.807) is 18.0 Å². The molecule has 0 radical (unpaired) electrons. The van der Waals surface area contributed by atoms with Crippen LogP contribution in [0.4, 0.5) is 5.69 Å². The van der Waals surface area contributed by atoms with Crippen molar-refractivity contribution in [2.24, 2.45) is 0 Å². The van der Waals surface area contributed by atoms with Gasteiger partial charge in [0.05, 0.1) is 12.8 Å². The Morgan fingerprint density at radius 3 is 2.81 bits per heavy atom. The van der Waals surface area contributed by atoms with E-state index in [1.165, 1.54) is 37.2 Å². The van der Waals surface area contributed by atoms with Gasteiger partial charge in [-0.2, -0.15) is 0 Å². The molecule has 6 heteroatoms. The van der Waals surface area contributed by atoms with Gasteiger partial charge < -0.3 is 19.5 Å². The number of hydrogen-bond donors (Lipinski definition) is 1. The standard InChI is InChI=1S/C20H27N3OS2/c1-26-19-9-5-7-17(15-19)21-20(25)23(16-18-8-6-14-24-18)13-12-22-10-3-2-4-11-22/h5-9,14-15H,2-4,10-13,16H2,1H3,(H,21,25). The first-order valence-corrected chi connectivity index (χ1v) is 10.8. The predicted octanol–water partition coefficient (Wildman–Crippen LogP) is 4.69. The summed E-state index contributed by atoms with van der Waals surface area (Å²) in [6, 6.07) is 12.3. The molecular formula is C20H27N3OS2. The molecule has 3 rings (SSSR count). The fraction of sp³-hybridized carbons (Fsp3) is 0.450. The van der Waals surface area contributed by atoms with E-state index in [-0.39, 0.29) is 0 Å². The Kier molecular flexibility index (Phi) is 7.41. The highest BCUT2D eigenvalue weighted by Crippen LogP contribution is 2.20. The van der Waals surface area contributed by atoms with Crippen molar-refractivity contribution >= 4 is 34.8 Å². The maximum atomic E-state index is 5.72. The summed E-state index contributed by atoms with van der Waals surface area (Å²) in [7, 11) is 0. The van der Waals surface area contributed by atoms with Gasteiger partial charge in [-0.3, -0.25) is 0 Å². The number of nitrogens with one attached hydrogen (secondary N) is 1. The molecule has 0 unspecified atom stereocenters. The van der Waals surface area contributed by atoms with Crippen molar-refractivity contribution in [1.29, 1.82) is 0 Å². The van der Waals surface area contributed by atoms with Crippen molar-refractivity contribution in [3.8, 4) is 0 Å². The third-order valence-corrected chi connectivity index (χ3v) is 5.76. The van der Waals surface area contributed by atoms with Gasteiger partial charge in [0.15, 0.2) is 5.11 Å². The summed E-state index contributed by atoms with van der Waals surface area (Å²) < 4.78 is 5.55. The summed E-state index contributed by atoms with van der Waals surface area (Å²) in [5.74, 6) is 0.936. The lowest BCUT2D eigenvalue weighted by molar-refractivity contribution is 0.207. The van der Waals surface area contributed by atoms with Crippen LogP contribution in [-0.2, 0) is 6.54 Å². The lowest BCUT2D eigenvalue weighted by atomic mass is 10.1. The minimum atomic E-state index is 0.689. The van der Waals surface area contributed by atoms with Gasteiger partial charge in [0.25, 0.3) is 0 Å². The first kappa shape index (κ1) is 19.3. The Morgan fingerprint density at radius 1 is 1.23 bits per heavy atom. The molecule has 0 atom stereocenters. The molecule has 1 aromatic heterocycles. The van der Waals surface area contributed by atoms with E-state index in [4.69, 9.17) is 16.6 Å². The quantitative estimate of drug-likeness (QED) is 0.546. The topological polar surface area (TPSA) is 31.6 Å². The van der Waals surface area contributed by atoms with E-state index in [9.17, 15) is 0 Å². The molecule has 1 aliphatic heterocycles. The van der Waals surface area contributed by atoms with Crippen molar-refractivity contribution in [2.75, 3.05) is 37.8 Å². The second kappa shape index (κ2) is 10.00. The van der Waals surface area contributed by atoms with E-state index in [2.05, 4.69) is 45.6 Å². The van der Waals surface area contributed by atoms with Crippen molar-refractivity contribution in [3.63, 3.8) is 0 Å². The summed E-state index contributed by atoms with van der Waals surface area (Å²) in [4.78, 5) is 5.97. The molecule has 1 aliphatic rings. The number of benzene rings is 1. The van der Waals surface area contributed by atoms with Gasteiger partial charge in [0.1, 0.15) is 5.76 Å². The molecule has 2 aromatic rings. The van der Waals surface area contributed by atoms with Crippen LogP contribution in [0.2, 0.25) is 0 Å². The highest BCUT2D eigenvalue weighted by molar-refractivity contribution is 7.98. The summed E-state index contributed by atoms with van der Waals surface area (Å²) in [6.45, 7) is 5.02.